The maximum Gasteiger partial charge on any atom is 0.341 e. The Balaban J connectivity index is 1.82. The first-order valence-electron chi connectivity index (χ1n) is 7.38. The average molecular weight is 309 g/mol. The summed E-state index contributed by atoms with van der Waals surface area (Å²) in [5.41, 5.74) is 6.57. The number of hydrogen-bond acceptors (Lipinski definition) is 4. The highest BCUT2D eigenvalue weighted by Crippen LogP contribution is 2.66. The molecule has 5 heteroatoms. The third kappa shape index (κ3) is 2.03. The fourth-order valence-electron chi connectivity index (χ4n) is 4.11. The lowest BCUT2D eigenvalue weighted by atomic mass is 9.70. The van der Waals surface area contributed by atoms with E-state index in [0.29, 0.717) is 11.6 Å². The van der Waals surface area contributed by atoms with Gasteiger partial charge in [0.2, 0.25) is 0 Å². The molecule has 2 saturated carbocycles. The minimum atomic E-state index is -0.422. The van der Waals surface area contributed by atoms with Crippen molar-refractivity contribution in [1.82, 2.24) is 4.98 Å². The van der Waals surface area contributed by atoms with Gasteiger partial charge in [-0.3, -0.25) is 0 Å². The predicted octanol–water partition coefficient (Wildman–Crippen LogP) is 3.69. The predicted molar refractivity (Wildman–Crippen MR) is 82.1 cm³/mol. The molecule has 4 nitrogen and oxygen atoms in total. The molecule has 0 spiro atoms. The van der Waals surface area contributed by atoms with Gasteiger partial charge in [-0.2, -0.15) is 0 Å². The van der Waals surface area contributed by atoms with E-state index in [-0.39, 0.29) is 27.7 Å². The first-order valence-corrected chi connectivity index (χ1v) is 7.75. The maximum absolute atomic E-state index is 12.4. The number of rotatable bonds is 2. The Morgan fingerprint density at radius 3 is 2.76 bits per heavy atom. The van der Waals surface area contributed by atoms with Crippen LogP contribution in [0, 0.1) is 16.7 Å². The molecule has 2 aliphatic rings. The molecule has 114 valence electrons. The Morgan fingerprint density at radius 1 is 1.48 bits per heavy atom. The number of carbonyl (C=O) groups excluding carboxylic acids is 1. The summed E-state index contributed by atoms with van der Waals surface area (Å²) in [5.74, 6) is 0.198. The van der Waals surface area contributed by atoms with Gasteiger partial charge in [0.1, 0.15) is 11.3 Å². The van der Waals surface area contributed by atoms with Crippen molar-refractivity contribution in [2.45, 2.75) is 46.1 Å². The molecule has 1 heterocycles. The molecule has 0 amide bonds. The second-order valence-electron chi connectivity index (χ2n) is 7.11. The quantitative estimate of drug-likeness (QED) is 0.668. The van der Waals surface area contributed by atoms with Crippen LogP contribution in [0.4, 0.5) is 5.69 Å². The van der Waals surface area contributed by atoms with E-state index in [1.807, 2.05) is 0 Å². The number of aromatic nitrogens is 1. The highest BCUT2D eigenvalue weighted by Gasteiger charge is 2.62. The van der Waals surface area contributed by atoms with Gasteiger partial charge in [-0.1, -0.05) is 32.4 Å². The van der Waals surface area contributed by atoms with Crippen molar-refractivity contribution in [3.8, 4) is 0 Å². The summed E-state index contributed by atoms with van der Waals surface area (Å²) in [6.07, 6.45) is 4.63. The molecule has 2 aliphatic carbocycles. The Bertz CT molecular complexity index is 602. The largest absolute Gasteiger partial charge is 0.458 e. The molecule has 1 aromatic rings. The van der Waals surface area contributed by atoms with E-state index in [9.17, 15) is 4.79 Å². The van der Waals surface area contributed by atoms with Crippen molar-refractivity contribution >= 4 is 23.3 Å². The SMILES string of the molecule is CC1(C)C2CCC1(C)C(OC(=O)c1cc(N)cnc1Cl)C2. The van der Waals surface area contributed by atoms with Crippen LogP contribution in [0.5, 0.6) is 0 Å². The molecular formula is C16H21ClN2O2. The molecule has 0 aliphatic heterocycles. The van der Waals surface area contributed by atoms with Gasteiger partial charge in [0.05, 0.1) is 17.4 Å². The summed E-state index contributed by atoms with van der Waals surface area (Å²) in [6, 6.07) is 1.53. The first-order chi connectivity index (χ1) is 9.75. The second kappa shape index (κ2) is 4.60. The fraction of sp³-hybridized carbons (Fsp3) is 0.625. The van der Waals surface area contributed by atoms with Crippen molar-refractivity contribution in [1.29, 1.82) is 0 Å². The van der Waals surface area contributed by atoms with Gasteiger partial charge in [0.25, 0.3) is 0 Å². The van der Waals surface area contributed by atoms with Gasteiger partial charge in [0, 0.05) is 5.41 Å². The highest BCUT2D eigenvalue weighted by atomic mass is 35.5. The van der Waals surface area contributed by atoms with E-state index >= 15 is 0 Å². The standard InChI is InChI=1S/C16H21ClN2O2/c1-15(2)9-4-5-16(15,3)12(6-9)21-14(20)11-7-10(18)8-19-13(11)17/h7-9,12H,4-6,18H2,1-3H3. The molecule has 21 heavy (non-hydrogen) atoms. The molecular weight excluding hydrogens is 288 g/mol. The Morgan fingerprint density at radius 2 is 2.19 bits per heavy atom. The molecule has 3 rings (SSSR count). The Labute approximate surface area is 130 Å². The summed E-state index contributed by atoms with van der Waals surface area (Å²) in [7, 11) is 0. The van der Waals surface area contributed by atoms with Crippen LogP contribution in [0.15, 0.2) is 12.3 Å². The zero-order valence-electron chi connectivity index (χ0n) is 12.6. The van der Waals surface area contributed by atoms with Crippen molar-refractivity contribution in [3.05, 3.63) is 23.0 Å². The number of esters is 1. The average Bonchev–Trinajstić information content (AvgIpc) is 2.74. The second-order valence-corrected chi connectivity index (χ2v) is 7.47. The monoisotopic (exact) mass is 308 g/mol. The molecule has 0 radical (unpaired) electrons. The van der Waals surface area contributed by atoms with E-state index in [1.54, 1.807) is 0 Å². The topological polar surface area (TPSA) is 65.2 Å². The number of pyridine rings is 1. The zero-order chi connectivity index (χ0) is 15.4. The van der Waals surface area contributed by atoms with E-state index in [2.05, 4.69) is 25.8 Å². The van der Waals surface area contributed by atoms with Crippen molar-refractivity contribution in [3.63, 3.8) is 0 Å². The molecule has 3 atom stereocenters. The number of hydrogen-bond donors (Lipinski definition) is 1. The number of nitrogen functional groups attached to an aromatic ring is 1. The van der Waals surface area contributed by atoms with Gasteiger partial charge >= 0.3 is 5.97 Å². The summed E-state index contributed by atoms with van der Waals surface area (Å²) in [4.78, 5) is 16.3. The molecule has 2 fully saturated rings. The lowest BCUT2D eigenvalue weighted by Crippen LogP contribution is -2.38. The molecule has 0 aromatic carbocycles. The summed E-state index contributed by atoms with van der Waals surface area (Å²) in [6.45, 7) is 6.80. The fourth-order valence-corrected chi connectivity index (χ4v) is 4.29. The first kappa shape index (κ1) is 14.6. The van der Waals surface area contributed by atoms with E-state index < -0.39 is 5.97 Å². The highest BCUT2D eigenvalue weighted by molar-refractivity contribution is 6.32. The number of nitrogens with two attached hydrogens (primary N) is 1. The minimum Gasteiger partial charge on any atom is -0.458 e. The van der Waals surface area contributed by atoms with Crippen LogP contribution in [-0.4, -0.2) is 17.1 Å². The van der Waals surface area contributed by atoms with Crippen LogP contribution in [0.3, 0.4) is 0 Å². The van der Waals surface area contributed by atoms with Crippen molar-refractivity contribution in [2.24, 2.45) is 16.7 Å². The molecule has 2 bridgehead atoms. The lowest BCUT2D eigenvalue weighted by Gasteiger charge is -2.38. The molecule has 0 saturated heterocycles. The van der Waals surface area contributed by atoms with Gasteiger partial charge in [-0.05, 0) is 36.7 Å². The number of nitrogens with zero attached hydrogens (tertiary/aromatic N) is 1. The van der Waals surface area contributed by atoms with Crippen molar-refractivity contribution in [2.75, 3.05) is 5.73 Å². The molecule has 1 aromatic heterocycles. The third-order valence-corrected chi connectivity index (χ3v) is 6.34. The van der Waals surface area contributed by atoms with Crippen molar-refractivity contribution < 1.29 is 9.53 Å². The number of ether oxygens (including phenoxy) is 1. The Kier molecular flexibility index (Phi) is 3.21. The Hall–Kier alpha value is -1.29. The molecule has 3 unspecified atom stereocenters. The zero-order valence-corrected chi connectivity index (χ0v) is 13.4. The maximum atomic E-state index is 12.4. The van der Waals surface area contributed by atoms with Crippen LogP contribution >= 0.6 is 11.6 Å². The molecule has 2 N–H and O–H groups in total. The van der Waals surface area contributed by atoms with Gasteiger partial charge < -0.3 is 10.5 Å². The summed E-state index contributed by atoms with van der Waals surface area (Å²) in [5, 5.41) is 0.141. The summed E-state index contributed by atoms with van der Waals surface area (Å²) >= 11 is 5.98. The van der Waals surface area contributed by atoms with Gasteiger partial charge in [-0.25, -0.2) is 9.78 Å². The lowest BCUT2D eigenvalue weighted by molar-refractivity contribution is -0.0242. The minimum absolute atomic E-state index is 0.0353. The number of fused-ring (bicyclic) bond motifs is 2. The summed E-state index contributed by atoms with van der Waals surface area (Å²) < 4.78 is 5.79. The van der Waals surface area contributed by atoms with E-state index in [4.69, 9.17) is 22.1 Å². The van der Waals surface area contributed by atoms with E-state index in [1.165, 1.54) is 18.7 Å². The van der Waals surface area contributed by atoms with Gasteiger partial charge in [-0.15, -0.1) is 0 Å². The van der Waals surface area contributed by atoms with E-state index in [0.717, 1.165) is 12.8 Å². The van der Waals surface area contributed by atoms with Crippen LogP contribution < -0.4 is 5.73 Å². The van der Waals surface area contributed by atoms with Crippen LogP contribution in [0.25, 0.3) is 0 Å². The smallest absolute Gasteiger partial charge is 0.341 e. The third-order valence-electron chi connectivity index (χ3n) is 6.04. The number of halogens is 1. The van der Waals surface area contributed by atoms with Crippen LogP contribution in [-0.2, 0) is 4.74 Å². The van der Waals surface area contributed by atoms with Gasteiger partial charge in [0.15, 0.2) is 0 Å². The number of carbonyl (C=O) groups is 1. The van der Waals surface area contributed by atoms with Crippen LogP contribution in [0.2, 0.25) is 5.15 Å². The number of anilines is 1. The normalized spacial score (nSPS) is 33.1. The van der Waals surface area contributed by atoms with Crippen LogP contribution in [0.1, 0.15) is 50.4 Å².